The molecule has 1 aliphatic heterocycles. The molecule has 224 valence electrons. The van der Waals surface area contributed by atoms with Gasteiger partial charge in [-0.15, -0.1) is 0 Å². The maximum atomic E-state index is 6.58. The summed E-state index contributed by atoms with van der Waals surface area (Å²) < 4.78 is 6.58. The topological polar surface area (TPSA) is 49.6 Å². The zero-order chi connectivity index (χ0) is 31.2. The number of nitrogens with zero attached hydrogens (tertiary/aromatic N) is 1. The van der Waals surface area contributed by atoms with Crippen LogP contribution < -0.4 is 10.6 Å². The first-order valence-corrected chi connectivity index (χ1v) is 16.0. The molecule has 0 bridgehead atoms. The van der Waals surface area contributed by atoms with E-state index < -0.39 is 0 Å². The molecule has 47 heavy (non-hydrogen) atoms. The third-order valence-corrected chi connectivity index (χ3v) is 9.16. The first kappa shape index (κ1) is 27.3. The third-order valence-electron chi connectivity index (χ3n) is 9.16. The Morgan fingerprint density at radius 1 is 0.511 bits per heavy atom. The van der Waals surface area contributed by atoms with E-state index in [1.165, 1.54) is 16.5 Å². The highest BCUT2D eigenvalue weighted by molar-refractivity contribution is 6.13. The fraction of sp³-hybridized carbons (Fsp3) is 0.0465. The van der Waals surface area contributed by atoms with Gasteiger partial charge < -0.3 is 9.73 Å². The summed E-state index contributed by atoms with van der Waals surface area (Å²) in [4.78, 5) is 5.24. The summed E-state index contributed by atoms with van der Waals surface area (Å²) in [7, 11) is 0. The summed E-state index contributed by atoms with van der Waals surface area (Å²) in [6.07, 6.45) is -0.531. The number of rotatable bonds is 5. The van der Waals surface area contributed by atoms with E-state index in [9.17, 15) is 0 Å². The number of amidine groups is 1. The van der Waals surface area contributed by atoms with Crippen molar-refractivity contribution in [3.63, 3.8) is 0 Å². The molecule has 7 aromatic carbocycles. The lowest BCUT2D eigenvalue weighted by Gasteiger charge is -2.33. The van der Waals surface area contributed by atoms with Gasteiger partial charge in [-0.2, -0.15) is 0 Å². The lowest BCUT2D eigenvalue weighted by Crippen LogP contribution is -2.45. The number of furan rings is 1. The second-order valence-corrected chi connectivity index (χ2v) is 12.0. The molecule has 1 aromatic heterocycles. The molecule has 1 aliphatic rings. The van der Waals surface area contributed by atoms with Crippen LogP contribution in [0.15, 0.2) is 173 Å². The normalized spacial score (nSPS) is 16.3. The SMILES string of the molecule is c1ccc(-c2ccc(C3=NC(c4ccccc4)NC(c4c(-c5ccccc5)ccc5oc6cc7ccccc7cc6c45)N3)cc2)cc1. The zero-order valence-electron chi connectivity index (χ0n) is 25.6. The van der Waals surface area contributed by atoms with Crippen molar-refractivity contribution in [1.82, 2.24) is 10.6 Å². The van der Waals surface area contributed by atoms with Crippen LogP contribution in [0.4, 0.5) is 0 Å². The van der Waals surface area contributed by atoms with Crippen LogP contribution >= 0.6 is 0 Å². The maximum Gasteiger partial charge on any atom is 0.136 e. The minimum Gasteiger partial charge on any atom is -0.456 e. The number of hydrogen-bond donors (Lipinski definition) is 2. The molecule has 0 saturated heterocycles. The molecule has 2 unspecified atom stereocenters. The van der Waals surface area contributed by atoms with Crippen LogP contribution in [0.3, 0.4) is 0 Å². The van der Waals surface area contributed by atoms with E-state index in [0.717, 1.165) is 61.0 Å². The number of hydrogen-bond acceptors (Lipinski definition) is 4. The third kappa shape index (κ3) is 4.96. The van der Waals surface area contributed by atoms with Crippen molar-refractivity contribution in [2.75, 3.05) is 0 Å². The monoisotopic (exact) mass is 605 g/mol. The largest absolute Gasteiger partial charge is 0.456 e. The summed E-state index contributed by atoms with van der Waals surface area (Å²) >= 11 is 0. The first-order valence-electron chi connectivity index (χ1n) is 16.0. The smallest absolute Gasteiger partial charge is 0.136 e. The lowest BCUT2D eigenvalue weighted by atomic mass is 9.92. The molecule has 0 amide bonds. The molecule has 0 saturated carbocycles. The maximum absolute atomic E-state index is 6.58. The average Bonchev–Trinajstić information content (AvgIpc) is 3.51. The van der Waals surface area contributed by atoms with E-state index in [1.807, 2.05) is 12.1 Å². The minimum absolute atomic E-state index is 0.260. The number of benzene rings is 7. The van der Waals surface area contributed by atoms with Crippen molar-refractivity contribution in [2.24, 2.45) is 4.99 Å². The summed E-state index contributed by atoms with van der Waals surface area (Å²) in [6.45, 7) is 0. The van der Waals surface area contributed by atoms with Gasteiger partial charge in [0.25, 0.3) is 0 Å². The average molecular weight is 606 g/mol. The van der Waals surface area contributed by atoms with Gasteiger partial charge in [0.15, 0.2) is 0 Å². The fourth-order valence-electron chi connectivity index (χ4n) is 6.86. The van der Waals surface area contributed by atoms with Crippen LogP contribution in [0.1, 0.15) is 29.0 Å². The Kier molecular flexibility index (Phi) is 6.65. The Balaban J connectivity index is 1.24. The molecule has 9 rings (SSSR count). The predicted octanol–water partition coefficient (Wildman–Crippen LogP) is 10.4. The van der Waals surface area contributed by atoms with Gasteiger partial charge in [-0.25, -0.2) is 4.99 Å². The van der Waals surface area contributed by atoms with E-state index in [2.05, 4.69) is 162 Å². The van der Waals surface area contributed by atoms with Crippen molar-refractivity contribution >= 4 is 38.5 Å². The van der Waals surface area contributed by atoms with Crippen molar-refractivity contribution in [1.29, 1.82) is 0 Å². The summed E-state index contributed by atoms with van der Waals surface area (Å²) in [6, 6.07) is 57.4. The highest BCUT2D eigenvalue weighted by Gasteiger charge is 2.30. The van der Waals surface area contributed by atoms with Crippen LogP contribution in [0.25, 0.3) is 55.0 Å². The molecule has 2 atom stereocenters. The molecule has 0 spiro atoms. The van der Waals surface area contributed by atoms with Gasteiger partial charge in [-0.3, -0.25) is 5.32 Å². The Bertz CT molecular complexity index is 2400. The van der Waals surface area contributed by atoms with Gasteiger partial charge in [0.05, 0.1) is 0 Å². The molecule has 0 aliphatic carbocycles. The van der Waals surface area contributed by atoms with Crippen LogP contribution in [-0.4, -0.2) is 5.84 Å². The molecule has 8 aromatic rings. The van der Waals surface area contributed by atoms with Crippen molar-refractivity contribution in [2.45, 2.75) is 12.3 Å². The number of nitrogens with one attached hydrogen (secondary N) is 2. The molecular formula is C43H31N3O. The van der Waals surface area contributed by atoms with E-state index in [-0.39, 0.29) is 12.3 Å². The van der Waals surface area contributed by atoms with Crippen molar-refractivity contribution < 1.29 is 4.42 Å². The van der Waals surface area contributed by atoms with Crippen molar-refractivity contribution in [3.05, 3.63) is 180 Å². The molecular weight excluding hydrogens is 574 g/mol. The Hall–Kier alpha value is -5.97. The predicted molar refractivity (Wildman–Crippen MR) is 193 cm³/mol. The Morgan fingerprint density at radius 2 is 1.11 bits per heavy atom. The second-order valence-electron chi connectivity index (χ2n) is 12.0. The van der Waals surface area contributed by atoms with Crippen LogP contribution in [0.2, 0.25) is 0 Å². The summed E-state index contributed by atoms with van der Waals surface area (Å²) in [5.74, 6) is 0.844. The molecule has 4 heteroatoms. The van der Waals surface area contributed by atoms with Crippen LogP contribution in [-0.2, 0) is 0 Å². The van der Waals surface area contributed by atoms with Crippen LogP contribution in [0, 0.1) is 0 Å². The van der Waals surface area contributed by atoms with Gasteiger partial charge in [-0.1, -0.05) is 146 Å². The molecule has 0 radical (unpaired) electrons. The number of aliphatic imine (C=N–C) groups is 1. The molecule has 2 N–H and O–H groups in total. The summed E-state index contributed by atoms with van der Waals surface area (Å²) in [5.41, 5.74) is 9.68. The van der Waals surface area contributed by atoms with Crippen LogP contribution in [0.5, 0.6) is 0 Å². The Morgan fingerprint density at radius 3 is 1.83 bits per heavy atom. The highest BCUT2D eigenvalue weighted by atomic mass is 16.3. The van der Waals surface area contributed by atoms with Gasteiger partial charge in [0.1, 0.15) is 29.3 Å². The lowest BCUT2D eigenvalue weighted by molar-refractivity contribution is 0.411. The van der Waals surface area contributed by atoms with Gasteiger partial charge >= 0.3 is 0 Å². The Labute approximate surface area is 273 Å². The summed E-state index contributed by atoms with van der Waals surface area (Å²) in [5, 5.41) is 12.3. The van der Waals surface area contributed by atoms with E-state index in [1.54, 1.807) is 0 Å². The zero-order valence-corrected chi connectivity index (χ0v) is 25.6. The molecule has 0 fully saturated rings. The van der Waals surface area contributed by atoms with E-state index >= 15 is 0 Å². The van der Waals surface area contributed by atoms with Gasteiger partial charge in [0, 0.05) is 21.9 Å². The highest BCUT2D eigenvalue weighted by Crippen LogP contribution is 2.42. The van der Waals surface area contributed by atoms with Gasteiger partial charge in [-0.05, 0) is 56.8 Å². The molecule has 4 nitrogen and oxygen atoms in total. The second kappa shape index (κ2) is 11.4. The molecule has 2 heterocycles. The number of fused-ring (bicyclic) bond motifs is 4. The fourth-order valence-corrected chi connectivity index (χ4v) is 6.86. The van der Waals surface area contributed by atoms with Crippen molar-refractivity contribution in [3.8, 4) is 22.3 Å². The van der Waals surface area contributed by atoms with Gasteiger partial charge in [0.2, 0.25) is 0 Å². The quantitative estimate of drug-likeness (QED) is 0.205. The minimum atomic E-state index is -0.271. The van der Waals surface area contributed by atoms with E-state index in [0.29, 0.717) is 0 Å². The standard InChI is InChI=1S/C43H31N3O/c1-4-12-28(13-5-1)29-20-22-32(23-21-29)42-44-41(31-16-8-3-9-17-31)45-43(46-42)40-35(30-14-6-2-7-15-30)24-25-37-39(40)36-26-33-18-10-11-19-34(33)27-38(36)47-37/h1-27,41,43,45H,(H,44,46). The van der Waals surface area contributed by atoms with E-state index in [4.69, 9.17) is 9.41 Å². The first-order chi connectivity index (χ1) is 23.3.